The third kappa shape index (κ3) is 28.8. The molecule has 0 saturated carbocycles. The summed E-state index contributed by atoms with van der Waals surface area (Å²) in [4.78, 5) is 24.6. The van der Waals surface area contributed by atoms with Crippen molar-refractivity contribution >= 4 is 13.8 Å². The number of hydrogen-bond donors (Lipinski definition) is 0. The highest BCUT2D eigenvalue weighted by molar-refractivity contribution is 7.45. The summed E-state index contributed by atoms with van der Waals surface area (Å²) in [5.74, 6) is -0.348. The second kappa shape index (κ2) is 25.9. The molecule has 238 valence electrons. The number of allylic oxidation sites excluding steroid dienone is 2. The SMILES string of the molecule is CCCC/C=C\CCCCCCCCOCC(COP(=O)([O-])OCC[N+](C)(C)C)OC(=O)CCCCCCCC. The van der Waals surface area contributed by atoms with Crippen LogP contribution in [0, 0.1) is 0 Å². The molecule has 0 aromatic carbocycles. The van der Waals surface area contributed by atoms with Gasteiger partial charge in [-0.15, -0.1) is 0 Å². The van der Waals surface area contributed by atoms with Gasteiger partial charge in [0.25, 0.3) is 7.82 Å². The van der Waals surface area contributed by atoms with Gasteiger partial charge in [-0.2, -0.15) is 0 Å². The molecule has 0 amide bonds. The smallest absolute Gasteiger partial charge is 0.306 e. The Bertz CT molecular complexity index is 667. The maximum atomic E-state index is 12.4. The quantitative estimate of drug-likeness (QED) is 0.0295. The first kappa shape index (κ1) is 39.2. The van der Waals surface area contributed by atoms with Crippen molar-refractivity contribution in [2.45, 2.75) is 129 Å². The van der Waals surface area contributed by atoms with E-state index in [9.17, 15) is 14.3 Å². The monoisotopic (exact) mass is 591 g/mol. The summed E-state index contributed by atoms with van der Waals surface area (Å²) in [6, 6.07) is 0. The van der Waals surface area contributed by atoms with E-state index in [4.69, 9.17) is 18.5 Å². The lowest BCUT2D eigenvalue weighted by molar-refractivity contribution is -0.870. The third-order valence-electron chi connectivity index (χ3n) is 6.57. The fraction of sp³-hybridized carbons (Fsp3) is 0.903. The molecular weight excluding hydrogens is 529 g/mol. The van der Waals surface area contributed by atoms with Gasteiger partial charge in [-0.1, -0.05) is 96.6 Å². The minimum absolute atomic E-state index is 0.0267. The van der Waals surface area contributed by atoms with Crippen LogP contribution in [-0.2, 0) is 27.9 Å². The van der Waals surface area contributed by atoms with Gasteiger partial charge < -0.3 is 27.9 Å². The zero-order valence-corrected chi connectivity index (χ0v) is 27.4. The van der Waals surface area contributed by atoms with E-state index in [-0.39, 0.29) is 25.8 Å². The molecule has 0 aliphatic heterocycles. The van der Waals surface area contributed by atoms with E-state index in [1.54, 1.807) is 0 Å². The second-order valence-corrected chi connectivity index (χ2v) is 13.2. The van der Waals surface area contributed by atoms with Crippen LogP contribution in [0.3, 0.4) is 0 Å². The first-order chi connectivity index (χ1) is 19.1. The number of hydrogen-bond acceptors (Lipinski definition) is 7. The molecule has 0 saturated heterocycles. The number of likely N-dealkylation sites (N-methyl/N-ethyl adjacent to an activating group) is 1. The molecule has 0 aliphatic rings. The van der Waals surface area contributed by atoms with Crippen LogP contribution < -0.4 is 4.89 Å². The lowest BCUT2D eigenvalue weighted by atomic mass is 10.1. The standard InChI is InChI=1S/C31H62NO7P/c1-6-8-10-12-14-15-16-17-18-19-21-23-26-36-28-30(39-31(33)24-22-20-13-11-9-7-2)29-38-40(34,35)37-27-25-32(3,4)5/h12,14,30H,6-11,13,15-29H2,1-5H3/b14-12-. The Morgan fingerprint density at radius 3 is 1.98 bits per heavy atom. The highest BCUT2D eigenvalue weighted by atomic mass is 31.2. The summed E-state index contributed by atoms with van der Waals surface area (Å²) < 4.78 is 34.1. The average Bonchev–Trinajstić information content (AvgIpc) is 2.88. The Hall–Kier alpha value is -0.760. The Morgan fingerprint density at radius 1 is 0.750 bits per heavy atom. The van der Waals surface area contributed by atoms with Crippen molar-refractivity contribution in [3.05, 3.63) is 12.2 Å². The minimum atomic E-state index is -4.50. The lowest BCUT2D eigenvalue weighted by Gasteiger charge is -2.28. The summed E-state index contributed by atoms with van der Waals surface area (Å²) in [5.41, 5.74) is 0. The molecule has 9 heteroatoms. The molecule has 0 rings (SSSR count). The van der Waals surface area contributed by atoms with Crippen LogP contribution in [0.15, 0.2) is 12.2 Å². The lowest BCUT2D eigenvalue weighted by Crippen LogP contribution is -2.37. The van der Waals surface area contributed by atoms with Gasteiger partial charge in [0, 0.05) is 13.0 Å². The predicted octanol–water partition coefficient (Wildman–Crippen LogP) is 7.35. The number of phosphoric ester groups is 1. The van der Waals surface area contributed by atoms with Crippen LogP contribution >= 0.6 is 7.82 Å². The van der Waals surface area contributed by atoms with Crippen LogP contribution in [0.4, 0.5) is 0 Å². The number of esters is 1. The summed E-state index contributed by atoms with van der Waals surface area (Å²) in [6.07, 6.45) is 22.4. The van der Waals surface area contributed by atoms with Crippen LogP contribution in [0.5, 0.6) is 0 Å². The van der Waals surface area contributed by atoms with Crippen molar-refractivity contribution in [1.82, 2.24) is 0 Å². The number of ether oxygens (including phenoxy) is 2. The topological polar surface area (TPSA) is 94.1 Å². The maximum Gasteiger partial charge on any atom is 0.306 e. The molecule has 40 heavy (non-hydrogen) atoms. The Kier molecular flexibility index (Phi) is 25.4. The molecule has 0 aromatic rings. The molecule has 0 spiro atoms. The number of phosphoric acid groups is 1. The fourth-order valence-electron chi connectivity index (χ4n) is 3.99. The van der Waals surface area contributed by atoms with Crippen molar-refractivity contribution < 1.29 is 37.3 Å². The zero-order valence-electron chi connectivity index (χ0n) is 26.5. The first-order valence-corrected chi connectivity index (χ1v) is 17.4. The highest BCUT2D eigenvalue weighted by Crippen LogP contribution is 2.38. The van der Waals surface area contributed by atoms with Crippen LogP contribution in [0.1, 0.15) is 123 Å². The van der Waals surface area contributed by atoms with E-state index in [2.05, 4.69) is 26.0 Å². The van der Waals surface area contributed by atoms with Gasteiger partial charge in [0.2, 0.25) is 0 Å². The van der Waals surface area contributed by atoms with Gasteiger partial charge in [0.1, 0.15) is 19.3 Å². The molecule has 2 atom stereocenters. The largest absolute Gasteiger partial charge is 0.756 e. The van der Waals surface area contributed by atoms with E-state index in [1.807, 2.05) is 21.1 Å². The van der Waals surface area contributed by atoms with E-state index in [1.165, 1.54) is 70.6 Å². The van der Waals surface area contributed by atoms with E-state index < -0.39 is 13.9 Å². The second-order valence-electron chi connectivity index (χ2n) is 11.8. The van der Waals surface area contributed by atoms with Crippen molar-refractivity contribution in [2.24, 2.45) is 0 Å². The molecule has 0 radical (unpaired) electrons. The predicted molar refractivity (Wildman–Crippen MR) is 162 cm³/mol. The fourth-order valence-corrected chi connectivity index (χ4v) is 4.72. The number of carbonyl (C=O) groups is 1. The molecule has 0 aliphatic carbocycles. The summed E-state index contributed by atoms with van der Waals surface area (Å²) >= 11 is 0. The summed E-state index contributed by atoms with van der Waals surface area (Å²) in [7, 11) is 1.35. The minimum Gasteiger partial charge on any atom is -0.756 e. The number of nitrogens with zero attached hydrogens (tertiary/aromatic N) is 1. The normalized spacial score (nSPS) is 14.4. The number of unbranched alkanes of at least 4 members (excludes halogenated alkanes) is 13. The molecule has 0 N–H and O–H groups in total. The molecule has 2 unspecified atom stereocenters. The van der Waals surface area contributed by atoms with Crippen molar-refractivity contribution in [3.8, 4) is 0 Å². The highest BCUT2D eigenvalue weighted by Gasteiger charge is 2.20. The van der Waals surface area contributed by atoms with Gasteiger partial charge in [-0.05, 0) is 32.1 Å². The first-order valence-electron chi connectivity index (χ1n) is 15.9. The Morgan fingerprint density at radius 2 is 1.32 bits per heavy atom. The van der Waals surface area contributed by atoms with Gasteiger partial charge in [0.15, 0.2) is 0 Å². The third-order valence-corrected chi connectivity index (χ3v) is 7.53. The van der Waals surface area contributed by atoms with Crippen molar-refractivity contribution in [3.63, 3.8) is 0 Å². The van der Waals surface area contributed by atoms with Crippen molar-refractivity contribution in [1.29, 1.82) is 0 Å². The molecule has 8 nitrogen and oxygen atoms in total. The van der Waals surface area contributed by atoms with Gasteiger partial charge >= 0.3 is 5.97 Å². The summed E-state index contributed by atoms with van der Waals surface area (Å²) in [5, 5.41) is 0. The molecule has 0 bridgehead atoms. The van der Waals surface area contributed by atoms with Gasteiger partial charge in [0.05, 0.1) is 34.4 Å². The van der Waals surface area contributed by atoms with Gasteiger partial charge in [-0.3, -0.25) is 9.36 Å². The van der Waals surface area contributed by atoms with E-state index >= 15 is 0 Å². The van der Waals surface area contributed by atoms with Crippen molar-refractivity contribution in [2.75, 3.05) is 54.1 Å². The average molecular weight is 592 g/mol. The molecule has 0 fully saturated rings. The molecular formula is C31H62NO7P. The number of carbonyl (C=O) groups excluding carboxylic acids is 1. The molecule has 0 aromatic heterocycles. The van der Waals surface area contributed by atoms with Crippen LogP contribution in [0.2, 0.25) is 0 Å². The Labute approximate surface area is 246 Å². The zero-order chi connectivity index (χ0) is 30.0. The van der Waals surface area contributed by atoms with Crippen LogP contribution in [0.25, 0.3) is 0 Å². The van der Waals surface area contributed by atoms with E-state index in [0.29, 0.717) is 24.1 Å². The van der Waals surface area contributed by atoms with E-state index in [0.717, 1.165) is 32.1 Å². The summed E-state index contributed by atoms with van der Waals surface area (Å²) in [6.45, 7) is 5.28. The van der Waals surface area contributed by atoms with Crippen LogP contribution in [-0.4, -0.2) is 70.7 Å². The maximum absolute atomic E-state index is 12.4. The number of rotatable bonds is 29. The number of quaternary nitrogens is 1. The van der Waals surface area contributed by atoms with Gasteiger partial charge in [-0.25, -0.2) is 0 Å². The molecule has 0 heterocycles. The Balaban J connectivity index is 4.32.